The smallest absolute Gasteiger partial charge is 0.410 e. The predicted octanol–water partition coefficient (Wildman–Crippen LogP) is 4.29. The average molecular weight is 501 g/mol. The quantitative estimate of drug-likeness (QED) is 0.300. The molecule has 0 spiro atoms. The Bertz CT molecular complexity index is 920. The Morgan fingerprint density at radius 2 is 1.81 bits per heavy atom. The van der Waals surface area contributed by atoms with Gasteiger partial charge in [-0.3, -0.25) is 15.0 Å². The van der Waals surface area contributed by atoms with Crippen LogP contribution in [0, 0.1) is 10.1 Å². The van der Waals surface area contributed by atoms with E-state index in [9.17, 15) is 14.9 Å². The largest absolute Gasteiger partial charge is 0.478 e. The zero-order valence-electron chi connectivity index (χ0n) is 21.1. The van der Waals surface area contributed by atoms with Crippen LogP contribution in [-0.4, -0.2) is 77.3 Å². The Labute approximate surface area is 212 Å². The molecule has 2 aliphatic rings. The summed E-state index contributed by atoms with van der Waals surface area (Å²) in [5.41, 5.74) is 0.910. The fourth-order valence-electron chi connectivity index (χ4n) is 4.26. The van der Waals surface area contributed by atoms with Crippen molar-refractivity contribution in [3.63, 3.8) is 0 Å². The number of piperazine rings is 1. The molecule has 0 unspecified atom stereocenters. The third-order valence-corrected chi connectivity index (χ3v) is 6.13. The predicted molar refractivity (Wildman–Crippen MR) is 135 cm³/mol. The third-order valence-electron chi connectivity index (χ3n) is 6.13. The van der Waals surface area contributed by atoms with E-state index in [-0.39, 0.29) is 30.5 Å². The molecular formula is C26H36N4O6. The molecule has 3 heterocycles. The summed E-state index contributed by atoms with van der Waals surface area (Å²) in [6.45, 7) is 8.99. The third kappa shape index (κ3) is 8.76. The van der Waals surface area contributed by atoms with E-state index in [2.05, 4.69) is 23.7 Å². The number of nitrogens with zero attached hydrogens (tertiary/aromatic N) is 4. The van der Waals surface area contributed by atoms with Crippen molar-refractivity contribution in [1.82, 2.24) is 14.8 Å². The van der Waals surface area contributed by atoms with Gasteiger partial charge in [0, 0.05) is 57.1 Å². The second-order valence-corrected chi connectivity index (χ2v) is 9.01. The van der Waals surface area contributed by atoms with E-state index in [0.29, 0.717) is 25.6 Å². The van der Waals surface area contributed by atoms with Gasteiger partial charge in [0.25, 0.3) is 5.69 Å². The summed E-state index contributed by atoms with van der Waals surface area (Å²) < 4.78 is 16.0. The Morgan fingerprint density at radius 1 is 1.11 bits per heavy atom. The Kier molecular flexibility index (Phi) is 10.9. The maximum atomic E-state index is 12.5. The lowest BCUT2D eigenvalue weighted by atomic mass is 10.1. The van der Waals surface area contributed by atoms with Crippen molar-refractivity contribution in [2.24, 2.45) is 0 Å². The molecule has 0 radical (unpaired) electrons. The van der Waals surface area contributed by atoms with Crippen LogP contribution in [0.2, 0.25) is 0 Å². The van der Waals surface area contributed by atoms with Gasteiger partial charge >= 0.3 is 6.09 Å². The second-order valence-electron chi connectivity index (χ2n) is 9.01. The number of ether oxygens (including phenoxy) is 3. The summed E-state index contributed by atoms with van der Waals surface area (Å²) >= 11 is 0. The summed E-state index contributed by atoms with van der Waals surface area (Å²) in [6.07, 6.45) is 4.25. The lowest BCUT2D eigenvalue weighted by molar-refractivity contribution is -0.385. The maximum absolute atomic E-state index is 12.5. The van der Waals surface area contributed by atoms with Crippen molar-refractivity contribution in [3.05, 3.63) is 64.3 Å². The molecule has 2 aromatic rings. The average Bonchev–Trinajstić information content (AvgIpc) is 3.47. The van der Waals surface area contributed by atoms with Crippen molar-refractivity contribution in [2.45, 2.75) is 51.8 Å². The summed E-state index contributed by atoms with van der Waals surface area (Å²) in [4.78, 5) is 30.7. The van der Waals surface area contributed by atoms with E-state index in [1.165, 1.54) is 31.2 Å². The minimum Gasteiger partial charge on any atom is -0.478 e. The van der Waals surface area contributed by atoms with E-state index < -0.39 is 4.92 Å². The first kappa shape index (κ1) is 27.3. The van der Waals surface area contributed by atoms with Crippen molar-refractivity contribution in [1.29, 1.82) is 0 Å². The minimum absolute atomic E-state index is 0.0600. The Hall–Kier alpha value is -3.24. The lowest BCUT2D eigenvalue weighted by Gasteiger charge is -2.44. The first-order chi connectivity index (χ1) is 17.4. The molecule has 0 bridgehead atoms. The van der Waals surface area contributed by atoms with Crippen molar-refractivity contribution < 1.29 is 23.9 Å². The molecule has 1 amide bonds. The monoisotopic (exact) mass is 500 g/mol. The zero-order valence-corrected chi connectivity index (χ0v) is 21.1. The van der Waals surface area contributed by atoms with Crippen LogP contribution in [0.3, 0.4) is 0 Å². The molecule has 0 aliphatic carbocycles. The topological polar surface area (TPSA) is 107 Å². The minimum atomic E-state index is -0.489. The van der Waals surface area contributed by atoms with Crippen LogP contribution in [0.1, 0.15) is 38.7 Å². The van der Waals surface area contributed by atoms with E-state index in [1.54, 1.807) is 4.90 Å². The lowest BCUT2D eigenvalue weighted by Crippen LogP contribution is -2.58. The van der Waals surface area contributed by atoms with E-state index in [0.717, 1.165) is 31.7 Å². The van der Waals surface area contributed by atoms with Gasteiger partial charge in [0.1, 0.15) is 12.8 Å². The molecule has 2 saturated heterocycles. The fraction of sp³-hybridized carbons (Fsp3) is 0.538. The van der Waals surface area contributed by atoms with Crippen LogP contribution < -0.4 is 4.74 Å². The molecule has 2 fully saturated rings. The highest BCUT2D eigenvalue weighted by atomic mass is 16.6. The summed E-state index contributed by atoms with van der Waals surface area (Å²) in [5.74, 6) is 0.373. The molecule has 4 rings (SSSR count). The van der Waals surface area contributed by atoms with E-state index >= 15 is 0 Å². The van der Waals surface area contributed by atoms with Gasteiger partial charge in [-0.2, -0.15) is 0 Å². The van der Waals surface area contributed by atoms with Crippen LogP contribution in [0.4, 0.5) is 10.5 Å². The van der Waals surface area contributed by atoms with Gasteiger partial charge in [-0.25, -0.2) is 9.78 Å². The van der Waals surface area contributed by atoms with E-state index in [4.69, 9.17) is 14.2 Å². The van der Waals surface area contributed by atoms with Crippen LogP contribution in [0.15, 0.2) is 48.7 Å². The number of rotatable bonds is 8. The van der Waals surface area contributed by atoms with Crippen LogP contribution in [0.5, 0.6) is 5.88 Å². The summed E-state index contributed by atoms with van der Waals surface area (Å²) in [6, 6.07) is 12.9. The summed E-state index contributed by atoms with van der Waals surface area (Å²) in [7, 11) is 0. The first-order valence-electron chi connectivity index (χ1n) is 12.5. The number of carbonyl (C=O) groups is 1. The highest BCUT2D eigenvalue weighted by Gasteiger charge is 2.32. The highest BCUT2D eigenvalue weighted by molar-refractivity contribution is 5.68. The first-order valence-corrected chi connectivity index (χ1v) is 12.5. The van der Waals surface area contributed by atoms with Gasteiger partial charge in [0.15, 0.2) is 0 Å². The highest BCUT2D eigenvalue weighted by Crippen LogP contribution is 2.18. The Balaban J connectivity index is 0.000000642. The number of aromatic nitrogens is 1. The van der Waals surface area contributed by atoms with Gasteiger partial charge in [-0.1, -0.05) is 30.3 Å². The SMILES string of the molecule is C1CCOC1.C[C@@H]1CN(C(=O)OCc2ccccc2)C[C@H](C)N1CCCOc1ccc([N+](=O)[O-])cn1. The second kappa shape index (κ2) is 14.4. The number of amides is 1. The van der Waals surface area contributed by atoms with Gasteiger partial charge in [0.2, 0.25) is 5.88 Å². The van der Waals surface area contributed by atoms with Gasteiger partial charge in [0.05, 0.1) is 11.5 Å². The number of hydrogen-bond donors (Lipinski definition) is 0. The van der Waals surface area contributed by atoms with Crippen LogP contribution in [-0.2, 0) is 16.1 Å². The molecule has 1 aromatic heterocycles. The molecule has 2 aliphatic heterocycles. The molecule has 36 heavy (non-hydrogen) atoms. The normalized spacial score (nSPS) is 19.8. The van der Waals surface area contributed by atoms with Crippen LogP contribution in [0.25, 0.3) is 0 Å². The molecule has 0 saturated carbocycles. The van der Waals surface area contributed by atoms with Crippen molar-refractivity contribution in [3.8, 4) is 5.88 Å². The summed E-state index contributed by atoms with van der Waals surface area (Å²) in [5, 5.41) is 10.7. The number of hydrogen-bond acceptors (Lipinski definition) is 8. The fourth-order valence-corrected chi connectivity index (χ4v) is 4.26. The van der Waals surface area contributed by atoms with Crippen LogP contribution >= 0.6 is 0 Å². The van der Waals surface area contributed by atoms with Crippen molar-refractivity contribution >= 4 is 11.8 Å². The standard InChI is InChI=1S/C22H28N4O5.C4H8O/c1-17-14-24(22(27)31-16-19-7-4-3-5-8-19)15-18(2)25(17)11-6-12-30-21-10-9-20(13-23-21)26(28)29;1-2-4-5-3-1/h3-5,7-10,13,17-18H,6,11-12,14-16H2,1-2H3;1-4H2/t17-,18+;. The molecule has 196 valence electrons. The number of nitro groups is 1. The van der Waals surface area contributed by atoms with Gasteiger partial charge in [-0.15, -0.1) is 0 Å². The van der Waals surface area contributed by atoms with E-state index in [1.807, 2.05) is 30.3 Å². The number of pyridine rings is 1. The Morgan fingerprint density at radius 3 is 2.36 bits per heavy atom. The molecule has 10 heteroatoms. The molecule has 1 aromatic carbocycles. The van der Waals surface area contributed by atoms with Gasteiger partial charge in [-0.05, 0) is 38.7 Å². The maximum Gasteiger partial charge on any atom is 0.410 e. The van der Waals surface area contributed by atoms with Gasteiger partial charge < -0.3 is 19.1 Å². The van der Waals surface area contributed by atoms with Crippen molar-refractivity contribution in [2.75, 3.05) is 39.5 Å². The number of carbonyl (C=O) groups excluding carboxylic acids is 1. The molecule has 10 nitrogen and oxygen atoms in total. The molecule has 2 atom stereocenters. The molecular weight excluding hydrogens is 464 g/mol. The molecule has 0 N–H and O–H groups in total. The number of benzene rings is 1. The zero-order chi connectivity index (χ0) is 25.8.